The molecule has 0 aromatic heterocycles. The van der Waals surface area contributed by atoms with Crippen LogP contribution in [-0.2, 0) is 16.2 Å². The van der Waals surface area contributed by atoms with Crippen LogP contribution in [0.3, 0.4) is 0 Å². The second-order valence-corrected chi connectivity index (χ2v) is 6.50. The van der Waals surface area contributed by atoms with Gasteiger partial charge in [-0.1, -0.05) is 39.3 Å². The molecule has 2 rings (SSSR count). The van der Waals surface area contributed by atoms with E-state index in [1.165, 1.54) is 18.4 Å². The molecule has 1 radical (unpaired) electrons. The Hall–Kier alpha value is -1.35. The first-order valence-corrected chi connectivity index (χ1v) is 8.43. The van der Waals surface area contributed by atoms with Crippen LogP contribution in [-0.4, -0.2) is 5.97 Å². The zero-order valence-electron chi connectivity index (χ0n) is 13.9. The molecule has 2 unspecified atom stereocenters. The fourth-order valence-electron chi connectivity index (χ4n) is 2.94. The Morgan fingerprint density at radius 2 is 1.95 bits per heavy atom. The molecule has 3 heteroatoms. The first kappa shape index (κ1) is 17.0. The molecular formula is C19H27O3. The summed E-state index contributed by atoms with van der Waals surface area (Å²) in [7, 11) is 0. The van der Waals surface area contributed by atoms with Crippen molar-refractivity contribution in [3.05, 3.63) is 41.5 Å². The molecule has 0 heterocycles. The van der Waals surface area contributed by atoms with Crippen molar-refractivity contribution >= 4 is 5.97 Å². The highest BCUT2D eigenvalue weighted by atomic mass is 17.2. The maximum atomic E-state index is 12.0. The second-order valence-electron chi connectivity index (χ2n) is 6.50. The Labute approximate surface area is 133 Å². The molecule has 22 heavy (non-hydrogen) atoms. The van der Waals surface area contributed by atoms with Gasteiger partial charge in [0.1, 0.15) is 0 Å². The van der Waals surface area contributed by atoms with E-state index in [1.54, 1.807) is 0 Å². The van der Waals surface area contributed by atoms with Crippen LogP contribution in [0.1, 0.15) is 68.8 Å². The Morgan fingerprint density at radius 3 is 2.59 bits per heavy atom. The number of rotatable bonds is 6. The molecule has 0 bridgehead atoms. The van der Waals surface area contributed by atoms with E-state index in [0.717, 1.165) is 31.8 Å². The normalized spacial score (nSPS) is 22.5. The number of benzene rings is 1. The predicted octanol–water partition coefficient (Wildman–Crippen LogP) is 5.11. The molecule has 0 amide bonds. The third kappa shape index (κ3) is 4.84. The lowest BCUT2D eigenvalue weighted by atomic mass is 9.81. The van der Waals surface area contributed by atoms with Crippen LogP contribution < -0.4 is 0 Å². The van der Waals surface area contributed by atoms with Crippen LogP contribution in [0.25, 0.3) is 0 Å². The summed E-state index contributed by atoms with van der Waals surface area (Å²) in [5, 5.41) is 0. The van der Waals surface area contributed by atoms with E-state index in [2.05, 4.69) is 20.8 Å². The molecule has 1 aromatic rings. The smallest absolute Gasteiger partial charge is 0.292 e. The summed E-state index contributed by atoms with van der Waals surface area (Å²) >= 11 is 0. The van der Waals surface area contributed by atoms with E-state index in [-0.39, 0.29) is 0 Å². The maximum Gasteiger partial charge on any atom is 0.373 e. The SMILES string of the molecule is CCCCc1ccc(C(=O)OO[C]2CCC(C)CC2C)cc1. The first-order valence-electron chi connectivity index (χ1n) is 8.43. The Kier molecular flexibility index (Phi) is 6.44. The molecule has 0 N–H and O–H groups in total. The van der Waals surface area contributed by atoms with Gasteiger partial charge in [0, 0.05) is 0 Å². The molecule has 1 saturated carbocycles. The summed E-state index contributed by atoms with van der Waals surface area (Å²) < 4.78 is 0. The minimum Gasteiger partial charge on any atom is -0.292 e. The van der Waals surface area contributed by atoms with E-state index in [1.807, 2.05) is 24.3 Å². The summed E-state index contributed by atoms with van der Waals surface area (Å²) in [6.07, 6.45) is 7.37. The van der Waals surface area contributed by atoms with Gasteiger partial charge in [-0.3, -0.25) is 4.89 Å². The summed E-state index contributed by atoms with van der Waals surface area (Å²) in [4.78, 5) is 22.4. The lowest BCUT2D eigenvalue weighted by Crippen LogP contribution is -2.23. The van der Waals surface area contributed by atoms with E-state index in [9.17, 15) is 4.79 Å². The Morgan fingerprint density at radius 1 is 1.23 bits per heavy atom. The lowest BCUT2D eigenvalue weighted by molar-refractivity contribution is -0.247. The van der Waals surface area contributed by atoms with Crippen molar-refractivity contribution in [1.82, 2.24) is 0 Å². The molecule has 121 valence electrons. The summed E-state index contributed by atoms with van der Waals surface area (Å²) in [5.41, 5.74) is 1.79. The predicted molar refractivity (Wildman–Crippen MR) is 87.0 cm³/mol. The average molecular weight is 303 g/mol. The highest BCUT2D eigenvalue weighted by Gasteiger charge is 2.29. The van der Waals surface area contributed by atoms with Crippen molar-refractivity contribution in [2.24, 2.45) is 11.8 Å². The van der Waals surface area contributed by atoms with E-state index in [4.69, 9.17) is 9.78 Å². The Bertz CT molecular complexity index is 466. The zero-order valence-corrected chi connectivity index (χ0v) is 13.9. The number of carbonyl (C=O) groups excluding carboxylic acids is 1. The van der Waals surface area contributed by atoms with E-state index in [0.29, 0.717) is 17.4 Å². The largest absolute Gasteiger partial charge is 0.373 e. The van der Waals surface area contributed by atoms with Crippen molar-refractivity contribution in [3.8, 4) is 0 Å². The van der Waals surface area contributed by atoms with Crippen LogP contribution in [0, 0.1) is 17.9 Å². The maximum absolute atomic E-state index is 12.0. The third-order valence-corrected chi connectivity index (χ3v) is 4.42. The molecule has 1 fully saturated rings. The minimum atomic E-state index is -0.416. The summed E-state index contributed by atoms with van der Waals surface area (Å²) in [5.74, 6) is 0.655. The van der Waals surface area contributed by atoms with Gasteiger partial charge in [-0.2, -0.15) is 4.89 Å². The van der Waals surface area contributed by atoms with Gasteiger partial charge in [0.2, 0.25) is 0 Å². The number of unbranched alkanes of at least 4 members (excludes halogenated alkanes) is 1. The van der Waals surface area contributed by atoms with Crippen molar-refractivity contribution in [3.63, 3.8) is 0 Å². The van der Waals surface area contributed by atoms with Gasteiger partial charge >= 0.3 is 5.97 Å². The molecule has 1 aliphatic carbocycles. The van der Waals surface area contributed by atoms with Crippen molar-refractivity contribution in [2.45, 2.75) is 59.3 Å². The van der Waals surface area contributed by atoms with Crippen molar-refractivity contribution in [1.29, 1.82) is 0 Å². The van der Waals surface area contributed by atoms with Crippen molar-refractivity contribution < 1.29 is 14.6 Å². The fourth-order valence-corrected chi connectivity index (χ4v) is 2.94. The summed E-state index contributed by atoms with van der Waals surface area (Å²) in [6.45, 7) is 6.55. The number of hydrogen-bond acceptors (Lipinski definition) is 3. The second kappa shape index (κ2) is 8.33. The third-order valence-electron chi connectivity index (χ3n) is 4.42. The quantitative estimate of drug-likeness (QED) is 0.541. The van der Waals surface area contributed by atoms with Gasteiger partial charge in [0.05, 0.1) is 5.56 Å². The topological polar surface area (TPSA) is 35.5 Å². The zero-order chi connectivity index (χ0) is 15.9. The molecule has 2 atom stereocenters. The Balaban J connectivity index is 1.81. The molecule has 0 saturated heterocycles. The number of carbonyl (C=O) groups is 1. The lowest BCUT2D eigenvalue weighted by Gasteiger charge is -2.29. The molecule has 1 aromatic carbocycles. The van der Waals surface area contributed by atoms with Crippen LogP contribution >= 0.6 is 0 Å². The molecule has 0 spiro atoms. The minimum absolute atomic E-state index is 0.355. The molecule has 1 aliphatic rings. The van der Waals surface area contributed by atoms with Crippen LogP contribution in [0.5, 0.6) is 0 Å². The first-order chi connectivity index (χ1) is 10.6. The molecule has 0 aliphatic heterocycles. The highest BCUT2D eigenvalue weighted by Crippen LogP contribution is 2.35. The van der Waals surface area contributed by atoms with Gasteiger partial charge in [-0.15, -0.1) is 0 Å². The van der Waals surface area contributed by atoms with Gasteiger partial charge in [0.15, 0.2) is 6.10 Å². The van der Waals surface area contributed by atoms with Gasteiger partial charge < -0.3 is 0 Å². The van der Waals surface area contributed by atoms with E-state index >= 15 is 0 Å². The summed E-state index contributed by atoms with van der Waals surface area (Å²) in [6, 6.07) is 7.61. The number of aryl methyl sites for hydroxylation is 1. The van der Waals surface area contributed by atoms with Crippen molar-refractivity contribution in [2.75, 3.05) is 0 Å². The molecule has 3 nitrogen and oxygen atoms in total. The number of hydrogen-bond donors (Lipinski definition) is 0. The van der Waals surface area contributed by atoms with E-state index < -0.39 is 5.97 Å². The highest BCUT2D eigenvalue weighted by molar-refractivity contribution is 5.88. The van der Waals surface area contributed by atoms with Gasteiger partial charge in [-0.25, -0.2) is 4.79 Å². The van der Waals surface area contributed by atoms with Gasteiger partial charge in [0.25, 0.3) is 0 Å². The fraction of sp³-hybridized carbons (Fsp3) is 0.579. The van der Waals surface area contributed by atoms with Gasteiger partial charge in [-0.05, 0) is 61.6 Å². The molecular weight excluding hydrogens is 276 g/mol. The average Bonchev–Trinajstić information content (AvgIpc) is 2.52. The standard InChI is InChI=1S/C19H27O3/c1-4-5-6-16-8-10-17(11-9-16)19(20)22-21-18-12-7-14(2)13-15(18)3/h8-11,14-15H,4-7,12-13H2,1-3H3. The van der Waals surface area contributed by atoms with Crippen LogP contribution in [0.2, 0.25) is 0 Å². The van der Waals surface area contributed by atoms with Crippen LogP contribution in [0.4, 0.5) is 0 Å². The monoisotopic (exact) mass is 303 g/mol. The van der Waals surface area contributed by atoms with Crippen LogP contribution in [0.15, 0.2) is 24.3 Å².